The van der Waals surface area contributed by atoms with Gasteiger partial charge in [-0.15, -0.1) is 0 Å². The van der Waals surface area contributed by atoms with Crippen LogP contribution in [-0.2, 0) is 4.79 Å². The van der Waals surface area contributed by atoms with Crippen LogP contribution in [0.25, 0.3) is 10.2 Å². The van der Waals surface area contributed by atoms with Gasteiger partial charge in [-0.3, -0.25) is 14.5 Å². The molecule has 1 amide bonds. The lowest BCUT2D eigenvalue weighted by Crippen LogP contribution is -2.31. The number of Topliss-reactive ketones (excluding diaryl/α,β-unsaturated/α-hetero) is 1. The number of methoxy groups -OCH3 is 2. The standard InChI is InChI=1S/C26H22N2O7S/c1-4-34-14-10-11-16-19(13-14)36-26(27-16)28-21(15-7-5-8-18(32-2)24(15)33-3)20(23(30)25(28)31)22(29)17-9-6-12-35-17/h5-13,21,30H,4H2,1-3H3/t21-/m0/s1. The molecule has 0 saturated carbocycles. The van der Waals surface area contributed by atoms with Crippen molar-refractivity contribution in [3.8, 4) is 17.2 Å². The van der Waals surface area contributed by atoms with Crippen LogP contribution in [0, 0.1) is 0 Å². The zero-order valence-electron chi connectivity index (χ0n) is 19.7. The number of amides is 1. The highest BCUT2D eigenvalue weighted by Gasteiger charge is 2.47. The number of fused-ring (bicyclic) bond motifs is 1. The lowest BCUT2D eigenvalue weighted by atomic mass is 9.94. The monoisotopic (exact) mass is 506 g/mol. The van der Waals surface area contributed by atoms with Crippen molar-refractivity contribution in [1.82, 2.24) is 4.98 Å². The first-order chi connectivity index (χ1) is 17.5. The fourth-order valence-corrected chi connectivity index (χ4v) is 5.27. The van der Waals surface area contributed by atoms with Gasteiger partial charge < -0.3 is 23.7 Å². The number of aliphatic hydroxyl groups is 1. The van der Waals surface area contributed by atoms with E-state index in [9.17, 15) is 14.7 Å². The van der Waals surface area contributed by atoms with E-state index in [0.717, 1.165) is 4.70 Å². The van der Waals surface area contributed by atoms with Gasteiger partial charge in [0.1, 0.15) is 11.8 Å². The lowest BCUT2D eigenvalue weighted by molar-refractivity contribution is -0.117. The first-order valence-corrected chi connectivity index (χ1v) is 11.9. The Bertz CT molecular complexity index is 1490. The van der Waals surface area contributed by atoms with Crippen LogP contribution in [0.4, 0.5) is 5.13 Å². The van der Waals surface area contributed by atoms with Crippen molar-refractivity contribution in [3.05, 3.63) is 77.5 Å². The molecule has 3 heterocycles. The number of hydrogen-bond donors (Lipinski definition) is 1. The molecule has 1 N–H and O–H groups in total. The third kappa shape index (κ3) is 3.75. The maximum atomic E-state index is 13.5. The van der Waals surface area contributed by atoms with Crippen LogP contribution in [-0.4, -0.2) is 42.6 Å². The highest BCUT2D eigenvalue weighted by atomic mass is 32.1. The van der Waals surface area contributed by atoms with Crippen molar-refractivity contribution in [2.24, 2.45) is 0 Å². The Labute approximate surface area is 210 Å². The highest BCUT2D eigenvalue weighted by Crippen LogP contribution is 2.48. The SMILES string of the molecule is CCOc1ccc2nc(N3C(=O)C(O)=C(C(=O)c4ccco4)[C@@H]3c3cccc(OC)c3OC)sc2c1. The average molecular weight is 507 g/mol. The predicted octanol–water partition coefficient (Wildman–Crippen LogP) is 5.09. The van der Waals surface area contributed by atoms with E-state index in [4.69, 9.17) is 18.6 Å². The molecule has 0 aliphatic carbocycles. The van der Waals surface area contributed by atoms with Crippen LogP contribution in [0.15, 0.2) is 70.5 Å². The second kappa shape index (κ2) is 9.38. The molecule has 0 radical (unpaired) electrons. The van der Waals surface area contributed by atoms with E-state index in [-0.39, 0.29) is 11.3 Å². The Morgan fingerprint density at radius 1 is 1.17 bits per heavy atom. The van der Waals surface area contributed by atoms with Gasteiger partial charge in [0.15, 0.2) is 28.1 Å². The van der Waals surface area contributed by atoms with Gasteiger partial charge in [0, 0.05) is 5.56 Å². The van der Waals surface area contributed by atoms with Gasteiger partial charge in [-0.25, -0.2) is 4.98 Å². The Balaban J connectivity index is 1.70. The summed E-state index contributed by atoms with van der Waals surface area (Å²) >= 11 is 1.24. The summed E-state index contributed by atoms with van der Waals surface area (Å²) in [7, 11) is 2.96. The van der Waals surface area contributed by atoms with E-state index in [1.165, 1.54) is 42.8 Å². The number of aliphatic hydroxyl groups excluding tert-OH is 1. The molecule has 1 atom stereocenters. The molecule has 0 saturated heterocycles. The number of ether oxygens (including phenoxy) is 3. The second-order valence-corrected chi connectivity index (χ2v) is 8.80. The molecule has 9 nitrogen and oxygen atoms in total. The molecule has 1 aliphatic heterocycles. The zero-order chi connectivity index (χ0) is 25.4. The first kappa shape index (κ1) is 23.4. The van der Waals surface area contributed by atoms with E-state index < -0.39 is 23.5 Å². The minimum Gasteiger partial charge on any atom is -0.503 e. The molecule has 2 aromatic heterocycles. The van der Waals surface area contributed by atoms with E-state index >= 15 is 0 Å². The first-order valence-electron chi connectivity index (χ1n) is 11.1. The molecule has 1 aliphatic rings. The summed E-state index contributed by atoms with van der Waals surface area (Å²) in [6, 6.07) is 12.5. The maximum absolute atomic E-state index is 13.5. The number of nitrogens with zero attached hydrogens (tertiary/aromatic N) is 2. The summed E-state index contributed by atoms with van der Waals surface area (Å²) in [6.45, 7) is 2.40. The topological polar surface area (TPSA) is 111 Å². The van der Waals surface area contributed by atoms with Crippen LogP contribution in [0.1, 0.15) is 29.1 Å². The van der Waals surface area contributed by atoms with Crippen molar-refractivity contribution in [1.29, 1.82) is 0 Å². The Hall–Kier alpha value is -4.31. The summed E-state index contributed by atoms with van der Waals surface area (Å²) in [5.74, 6) is -0.670. The number of rotatable bonds is 8. The van der Waals surface area contributed by atoms with Gasteiger partial charge in [-0.05, 0) is 43.3 Å². The fourth-order valence-electron chi connectivity index (χ4n) is 4.25. The van der Waals surface area contributed by atoms with Gasteiger partial charge in [-0.1, -0.05) is 23.5 Å². The van der Waals surface area contributed by atoms with E-state index in [2.05, 4.69) is 4.98 Å². The lowest BCUT2D eigenvalue weighted by Gasteiger charge is -2.26. The number of para-hydroxylation sites is 1. The van der Waals surface area contributed by atoms with Crippen molar-refractivity contribution in [2.45, 2.75) is 13.0 Å². The summed E-state index contributed by atoms with van der Waals surface area (Å²) in [5, 5.41) is 11.3. The van der Waals surface area contributed by atoms with Gasteiger partial charge in [0.05, 0.1) is 42.9 Å². The number of hydrogen-bond acceptors (Lipinski definition) is 9. The third-order valence-electron chi connectivity index (χ3n) is 5.79. The molecular weight excluding hydrogens is 484 g/mol. The third-order valence-corrected chi connectivity index (χ3v) is 6.81. The largest absolute Gasteiger partial charge is 0.503 e. The summed E-state index contributed by atoms with van der Waals surface area (Å²) in [4.78, 5) is 32.9. The predicted molar refractivity (Wildman–Crippen MR) is 133 cm³/mol. The van der Waals surface area contributed by atoms with Crippen LogP contribution in [0.5, 0.6) is 17.2 Å². The van der Waals surface area contributed by atoms with Gasteiger partial charge in [0.2, 0.25) is 5.78 Å². The van der Waals surface area contributed by atoms with Crippen molar-refractivity contribution < 1.29 is 33.3 Å². The fraction of sp³-hybridized carbons (Fsp3) is 0.192. The Morgan fingerprint density at radius 3 is 2.69 bits per heavy atom. The quantitative estimate of drug-likeness (QED) is 0.329. The molecule has 4 aromatic rings. The van der Waals surface area contributed by atoms with E-state index in [1.54, 1.807) is 36.4 Å². The van der Waals surface area contributed by atoms with Crippen molar-refractivity contribution in [3.63, 3.8) is 0 Å². The molecule has 36 heavy (non-hydrogen) atoms. The number of thiazole rings is 1. The summed E-state index contributed by atoms with van der Waals surface area (Å²) in [6.07, 6.45) is 1.35. The van der Waals surface area contributed by atoms with Gasteiger partial charge in [0.25, 0.3) is 5.91 Å². The highest BCUT2D eigenvalue weighted by molar-refractivity contribution is 7.22. The molecule has 0 bridgehead atoms. The van der Waals surface area contributed by atoms with E-state index in [1.807, 2.05) is 13.0 Å². The smallest absolute Gasteiger partial charge is 0.296 e. The van der Waals surface area contributed by atoms with Crippen molar-refractivity contribution >= 4 is 38.4 Å². The second-order valence-electron chi connectivity index (χ2n) is 7.79. The normalized spacial score (nSPS) is 15.6. The number of carbonyl (C=O) groups excluding carboxylic acids is 2. The molecule has 5 rings (SSSR count). The van der Waals surface area contributed by atoms with Gasteiger partial charge in [-0.2, -0.15) is 0 Å². The molecule has 0 spiro atoms. The molecule has 0 fully saturated rings. The Kier molecular flexibility index (Phi) is 6.11. The number of ketones is 1. The zero-order valence-corrected chi connectivity index (χ0v) is 20.5. The molecule has 2 aromatic carbocycles. The molecule has 0 unspecified atom stereocenters. The summed E-state index contributed by atoms with van der Waals surface area (Å²) < 4.78 is 22.7. The molecule has 184 valence electrons. The van der Waals surface area contributed by atoms with E-state index in [0.29, 0.717) is 40.1 Å². The molecular formula is C26H22N2O7S. The number of benzene rings is 2. The number of anilines is 1. The maximum Gasteiger partial charge on any atom is 0.296 e. The number of carbonyl (C=O) groups is 2. The Morgan fingerprint density at radius 2 is 2.00 bits per heavy atom. The van der Waals surface area contributed by atoms with Crippen LogP contribution < -0.4 is 19.1 Å². The number of aromatic nitrogens is 1. The van der Waals surface area contributed by atoms with Crippen LogP contribution in [0.2, 0.25) is 0 Å². The minimum atomic E-state index is -1.05. The minimum absolute atomic E-state index is 0.0104. The molecule has 10 heteroatoms. The van der Waals surface area contributed by atoms with Crippen molar-refractivity contribution in [2.75, 3.05) is 25.7 Å². The summed E-state index contributed by atoms with van der Waals surface area (Å²) in [5.41, 5.74) is 0.946. The van der Waals surface area contributed by atoms with Crippen LogP contribution >= 0.6 is 11.3 Å². The van der Waals surface area contributed by atoms with Crippen LogP contribution in [0.3, 0.4) is 0 Å². The average Bonchev–Trinajstić information content (AvgIpc) is 3.62. The number of furan rings is 1. The van der Waals surface area contributed by atoms with Gasteiger partial charge >= 0.3 is 0 Å².